The Labute approximate surface area is 121 Å². The summed E-state index contributed by atoms with van der Waals surface area (Å²) >= 11 is 0. The zero-order valence-electron chi connectivity index (χ0n) is 13.1. The van der Waals surface area contributed by atoms with E-state index in [4.69, 9.17) is 9.84 Å². The number of nitrogens with one attached hydrogen (secondary N) is 1. The van der Waals surface area contributed by atoms with Crippen molar-refractivity contribution in [3.63, 3.8) is 0 Å². The molecular weight excluding hydrogens is 254 g/mol. The summed E-state index contributed by atoms with van der Waals surface area (Å²) in [5.74, 6) is -0.0567. The molecule has 0 saturated heterocycles. The van der Waals surface area contributed by atoms with Crippen molar-refractivity contribution in [1.29, 1.82) is 0 Å². The number of hydrogen-bond acceptors (Lipinski definition) is 3. The van der Waals surface area contributed by atoms with Gasteiger partial charge in [0.25, 0.3) is 5.91 Å². The molecule has 2 N–H and O–H groups in total. The van der Waals surface area contributed by atoms with Gasteiger partial charge in [0.05, 0.1) is 19.8 Å². The fraction of sp³-hybridized carbons (Fsp3) is 0.562. The molecule has 0 unspecified atom stereocenters. The predicted octanol–water partition coefficient (Wildman–Crippen LogP) is 1.97. The molecule has 0 radical (unpaired) electrons. The summed E-state index contributed by atoms with van der Waals surface area (Å²) in [5, 5.41) is 11.5. The molecule has 0 saturated carbocycles. The summed E-state index contributed by atoms with van der Waals surface area (Å²) in [6, 6.07) is 0. The second-order valence-electron chi connectivity index (χ2n) is 5.09. The molecule has 0 spiro atoms. The number of benzene rings is 1. The second kappa shape index (κ2) is 7.41. The molecule has 1 aromatic carbocycles. The van der Waals surface area contributed by atoms with Crippen molar-refractivity contribution in [2.45, 2.75) is 34.6 Å². The Hall–Kier alpha value is -1.39. The van der Waals surface area contributed by atoms with Crippen LogP contribution in [0.3, 0.4) is 0 Å². The lowest BCUT2D eigenvalue weighted by Gasteiger charge is -2.18. The van der Waals surface area contributed by atoms with E-state index in [2.05, 4.69) is 26.1 Å². The highest BCUT2D eigenvalue weighted by Crippen LogP contribution is 2.25. The van der Waals surface area contributed by atoms with Gasteiger partial charge in [-0.25, -0.2) is 0 Å². The van der Waals surface area contributed by atoms with Gasteiger partial charge in [-0.15, -0.1) is 0 Å². The number of hydrogen-bond donors (Lipinski definition) is 2. The number of aliphatic hydroxyl groups is 1. The van der Waals surface area contributed by atoms with E-state index in [9.17, 15) is 4.79 Å². The van der Waals surface area contributed by atoms with Crippen LogP contribution in [0.25, 0.3) is 0 Å². The number of ether oxygens (including phenoxy) is 1. The maximum absolute atomic E-state index is 12.3. The zero-order chi connectivity index (χ0) is 15.3. The van der Waals surface area contributed by atoms with E-state index in [-0.39, 0.29) is 12.5 Å². The minimum absolute atomic E-state index is 0.00249. The number of carbonyl (C=O) groups excluding carboxylic acids is 1. The summed E-state index contributed by atoms with van der Waals surface area (Å²) in [4.78, 5) is 12.3. The molecule has 20 heavy (non-hydrogen) atoms. The third kappa shape index (κ3) is 3.58. The Morgan fingerprint density at radius 2 is 1.45 bits per heavy atom. The van der Waals surface area contributed by atoms with Crippen molar-refractivity contribution in [2.75, 3.05) is 26.4 Å². The molecule has 112 valence electrons. The van der Waals surface area contributed by atoms with Gasteiger partial charge in [0.15, 0.2) is 0 Å². The first-order chi connectivity index (χ1) is 9.41. The summed E-state index contributed by atoms with van der Waals surface area (Å²) in [6.45, 7) is 11.3. The first kappa shape index (κ1) is 16.7. The third-order valence-electron chi connectivity index (χ3n) is 3.99. The van der Waals surface area contributed by atoms with Crippen molar-refractivity contribution in [1.82, 2.24) is 5.32 Å². The highest BCUT2D eigenvalue weighted by atomic mass is 16.5. The molecule has 0 heterocycles. The van der Waals surface area contributed by atoms with Crippen molar-refractivity contribution in [3.05, 3.63) is 33.4 Å². The highest BCUT2D eigenvalue weighted by Gasteiger charge is 2.17. The van der Waals surface area contributed by atoms with Crippen molar-refractivity contribution in [2.24, 2.45) is 0 Å². The van der Waals surface area contributed by atoms with Crippen LogP contribution in [0.2, 0.25) is 0 Å². The van der Waals surface area contributed by atoms with Gasteiger partial charge in [0.2, 0.25) is 0 Å². The minimum atomic E-state index is -0.0567. The van der Waals surface area contributed by atoms with Crippen molar-refractivity contribution in [3.8, 4) is 0 Å². The standard InChI is InChI=1S/C16H25NO3/c1-10-11(2)13(4)15(14(5)12(10)3)16(19)17-6-8-20-9-7-18/h18H,6-9H2,1-5H3,(H,17,19). The van der Waals surface area contributed by atoms with Crippen LogP contribution in [0, 0.1) is 34.6 Å². The average molecular weight is 279 g/mol. The number of rotatable bonds is 6. The van der Waals surface area contributed by atoms with Crippen LogP contribution < -0.4 is 5.32 Å². The summed E-state index contributed by atoms with van der Waals surface area (Å²) in [6.07, 6.45) is 0. The molecule has 0 fully saturated rings. The molecule has 4 heteroatoms. The quantitative estimate of drug-likeness (QED) is 0.783. The average Bonchev–Trinajstić information content (AvgIpc) is 2.43. The first-order valence-corrected chi connectivity index (χ1v) is 6.95. The summed E-state index contributed by atoms with van der Waals surface area (Å²) < 4.78 is 5.13. The monoisotopic (exact) mass is 279 g/mol. The highest BCUT2D eigenvalue weighted by molar-refractivity contribution is 5.98. The van der Waals surface area contributed by atoms with Crippen LogP contribution in [-0.4, -0.2) is 37.4 Å². The number of aliphatic hydroxyl groups excluding tert-OH is 1. The van der Waals surface area contributed by atoms with Gasteiger partial charge in [-0.3, -0.25) is 4.79 Å². The SMILES string of the molecule is Cc1c(C)c(C)c(C(=O)NCCOCCO)c(C)c1C. The van der Waals surface area contributed by atoms with Crippen LogP contribution in [0.15, 0.2) is 0 Å². The van der Waals surface area contributed by atoms with E-state index >= 15 is 0 Å². The second-order valence-corrected chi connectivity index (χ2v) is 5.09. The maximum Gasteiger partial charge on any atom is 0.251 e. The first-order valence-electron chi connectivity index (χ1n) is 6.95. The van der Waals surface area contributed by atoms with Crippen molar-refractivity contribution < 1.29 is 14.6 Å². The minimum Gasteiger partial charge on any atom is -0.394 e. The Bertz CT molecular complexity index is 466. The third-order valence-corrected chi connectivity index (χ3v) is 3.99. The molecule has 0 atom stereocenters. The lowest BCUT2D eigenvalue weighted by molar-refractivity contribution is 0.0837. The number of carbonyl (C=O) groups is 1. The van der Waals surface area contributed by atoms with E-state index in [1.54, 1.807) is 0 Å². The van der Waals surface area contributed by atoms with Crippen molar-refractivity contribution >= 4 is 5.91 Å². The maximum atomic E-state index is 12.3. The largest absolute Gasteiger partial charge is 0.394 e. The van der Waals surface area contributed by atoms with Gasteiger partial charge in [0, 0.05) is 12.1 Å². The van der Waals surface area contributed by atoms with Gasteiger partial charge < -0.3 is 15.2 Å². The van der Waals surface area contributed by atoms with Gasteiger partial charge in [-0.2, -0.15) is 0 Å². The topological polar surface area (TPSA) is 58.6 Å². The summed E-state index contributed by atoms with van der Waals surface area (Å²) in [5.41, 5.74) is 6.46. The Kier molecular flexibility index (Phi) is 6.17. The Balaban J connectivity index is 2.83. The lowest BCUT2D eigenvalue weighted by Crippen LogP contribution is -2.29. The molecule has 0 bridgehead atoms. The molecule has 0 aliphatic rings. The summed E-state index contributed by atoms with van der Waals surface area (Å²) in [7, 11) is 0. The molecule has 0 aromatic heterocycles. The van der Waals surface area contributed by atoms with Gasteiger partial charge in [-0.1, -0.05) is 0 Å². The van der Waals surface area contributed by atoms with Gasteiger partial charge >= 0.3 is 0 Å². The van der Waals surface area contributed by atoms with Crippen LogP contribution >= 0.6 is 0 Å². The predicted molar refractivity (Wildman–Crippen MR) is 80.4 cm³/mol. The van der Waals surface area contributed by atoms with Crippen LogP contribution in [0.5, 0.6) is 0 Å². The normalized spacial score (nSPS) is 10.7. The zero-order valence-corrected chi connectivity index (χ0v) is 13.1. The molecule has 1 rings (SSSR count). The molecule has 1 aromatic rings. The molecular formula is C16H25NO3. The Morgan fingerprint density at radius 3 is 1.95 bits per heavy atom. The van der Waals surface area contributed by atoms with Gasteiger partial charge in [-0.05, 0) is 62.4 Å². The molecule has 0 aliphatic heterocycles. The van der Waals surface area contributed by atoms with Crippen LogP contribution in [0.1, 0.15) is 38.2 Å². The van der Waals surface area contributed by atoms with Gasteiger partial charge in [0.1, 0.15) is 0 Å². The van der Waals surface area contributed by atoms with E-state index < -0.39 is 0 Å². The van der Waals surface area contributed by atoms with Crippen LogP contribution in [0.4, 0.5) is 0 Å². The molecule has 0 aliphatic carbocycles. The molecule has 1 amide bonds. The fourth-order valence-electron chi connectivity index (χ4n) is 2.33. The van der Waals surface area contributed by atoms with E-state index in [0.29, 0.717) is 19.8 Å². The van der Waals surface area contributed by atoms with E-state index in [1.807, 2.05) is 13.8 Å². The fourth-order valence-corrected chi connectivity index (χ4v) is 2.33. The smallest absolute Gasteiger partial charge is 0.251 e. The van der Waals surface area contributed by atoms with E-state index in [0.717, 1.165) is 16.7 Å². The Morgan fingerprint density at radius 1 is 0.950 bits per heavy atom. The molecule has 4 nitrogen and oxygen atoms in total. The number of amides is 1. The van der Waals surface area contributed by atoms with Crippen LogP contribution in [-0.2, 0) is 4.74 Å². The lowest BCUT2D eigenvalue weighted by atomic mass is 9.89. The van der Waals surface area contributed by atoms with E-state index in [1.165, 1.54) is 16.7 Å².